The highest BCUT2D eigenvalue weighted by atomic mass is 32.2. The first-order chi connectivity index (χ1) is 11.8. The van der Waals surface area contributed by atoms with Crippen molar-refractivity contribution in [2.24, 2.45) is 0 Å². The monoisotopic (exact) mass is 339 g/mol. The summed E-state index contributed by atoms with van der Waals surface area (Å²) in [6, 6.07) is 12.4. The number of thioether (sulfide) groups is 1. The maximum Gasteiger partial charge on any atom is 0.138 e. The van der Waals surface area contributed by atoms with Gasteiger partial charge in [-0.3, -0.25) is 4.90 Å². The fourth-order valence-electron chi connectivity index (χ4n) is 3.23. The molecular formula is C19H21N3OS. The molecule has 1 saturated heterocycles. The molecule has 1 N–H and O–H groups in total. The van der Waals surface area contributed by atoms with Crippen molar-refractivity contribution in [3.05, 3.63) is 48.2 Å². The first-order valence-corrected chi connectivity index (χ1v) is 9.41. The maximum absolute atomic E-state index is 5.28. The number of methoxy groups -OCH3 is 1. The molecule has 0 radical (unpaired) electrons. The number of nitrogens with zero attached hydrogens (tertiary/aromatic N) is 2. The van der Waals surface area contributed by atoms with Crippen molar-refractivity contribution in [2.45, 2.75) is 6.54 Å². The van der Waals surface area contributed by atoms with Crippen molar-refractivity contribution >= 4 is 22.8 Å². The highest BCUT2D eigenvalue weighted by Crippen LogP contribution is 2.32. The molecule has 0 bridgehead atoms. The molecule has 24 heavy (non-hydrogen) atoms. The summed E-state index contributed by atoms with van der Waals surface area (Å²) in [5.74, 6) is 3.32. The number of pyridine rings is 1. The molecular weight excluding hydrogens is 318 g/mol. The topological polar surface area (TPSA) is 41.1 Å². The zero-order valence-electron chi connectivity index (χ0n) is 13.8. The summed E-state index contributed by atoms with van der Waals surface area (Å²) in [5, 5.41) is 1.22. The molecule has 3 heterocycles. The molecule has 0 aliphatic carbocycles. The van der Waals surface area contributed by atoms with Crippen LogP contribution in [0.15, 0.2) is 42.6 Å². The predicted octanol–water partition coefficient (Wildman–Crippen LogP) is 3.79. The van der Waals surface area contributed by atoms with Crippen LogP contribution < -0.4 is 4.74 Å². The fourth-order valence-corrected chi connectivity index (χ4v) is 4.21. The molecule has 1 aliphatic rings. The Balaban J connectivity index is 1.76. The van der Waals surface area contributed by atoms with Crippen LogP contribution in [0.4, 0.5) is 0 Å². The molecule has 4 nitrogen and oxygen atoms in total. The van der Waals surface area contributed by atoms with Gasteiger partial charge in [0.25, 0.3) is 0 Å². The van der Waals surface area contributed by atoms with E-state index in [0.29, 0.717) is 0 Å². The Morgan fingerprint density at radius 2 is 1.96 bits per heavy atom. The Morgan fingerprint density at radius 1 is 1.17 bits per heavy atom. The second-order valence-electron chi connectivity index (χ2n) is 6.00. The Hall–Kier alpha value is -1.98. The molecule has 2 aromatic heterocycles. The molecule has 1 fully saturated rings. The number of H-pyrrole nitrogens is 1. The van der Waals surface area contributed by atoms with E-state index in [2.05, 4.69) is 33.1 Å². The summed E-state index contributed by atoms with van der Waals surface area (Å²) in [6.45, 7) is 3.27. The van der Waals surface area contributed by atoms with Crippen LogP contribution in [0, 0.1) is 0 Å². The van der Waals surface area contributed by atoms with Crippen molar-refractivity contribution in [2.75, 3.05) is 31.7 Å². The molecule has 1 aromatic carbocycles. The van der Waals surface area contributed by atoms with Gasteiger partial charge in [0.1, 0.15) is 11.4 Å². The van der Waals surface area contributed by atoms with Gasteiger partial charge in [-0.1, -0.05) is 0 Å². The van der Waals surface area contributed by atoms with Crippen molar-refractivity contribution in [1.29, 1.82) is 0 Å². The number of rotatable bonds is 4. The summed E-state index contributed by atoms with van der Waals surface area (Å²) >= 11 is 2.04. The van der Waals surface area contributed by atoms with E-state index in [1.54, 1.807) is 7.11 Å². The van der Waals surface area contributed by atoms with Crippen LogP contribution in [0.25, 0.3) is 22.3 Å². The minimum Gasteiger partial charge on any atom is -0.497 e. The van der Waals surface area contributed by atoms with E-state index in [4.69, 9.17) is 4.74 Å². The number of hydrogen-bond acceptors (Lipinski definition) is 4. The van der Waals surface area contributed by atoms with E-state index >= 15 is 0 Å². The number of aromatic nitrogens is 2. The number of hydrogen-bond donors (Lipinski definition) is 1. The molecule has 124 valence electrons. The van der Waals surface area contributed by atoms with E-state index in [-0.39, 0.29) is 0 Å². The first-order valence-electron chi connectivity index (χ1n) is 8.25. The lowest BCUT2D eigenvalue weighted by Crippen LogP contribution is -2.32. The molecule has 5 heteroatoms. The van der Waals surface area contributed by atoms with Crippen LogP contribution in [-0.2, 0) is 6.54 Å². The third kappa shape index (κ3) is 3.01. The van der Waals surface area contributed by atoms with Crippen LogP contribution >= 0.6 is 11.8 Å². The number of fused-ring (bicyclic) bond motifs is 1. The van der Waals surface area contributed by atoms with E-state index in [1.807, 2.05) is 36.2 Å². The second kappa shape index (κ2) is 6.87. The van der Waals surface area contributed by atoms with E-state index < -0.39 is 0 Å². The minimum atomic E-state index is 0.877. The van der Waals surface area contributed by atoms with Gasteiger partial charge in [-0.05, 0) is 42.0 Å². The predicted molar refractivity (Wildman–Crippen MR) is 101 cm³/mol. The Labute approximate surface area is 146 Å². The zero-order chi connectivity index (χ0) is 16.4. The molecule has 0 atom stereocenters. The maximum atomic E-state index is 5.28. The molecule has 0 spiro atoms. The van der Waals surface area contributed by atoms with Crippen LogP contribution in [0.3, 0.4) is 0 Å². The molecule has 0 saturated carbocycles. The Morgan fingerprint density at radius 3 is 2.71 bits per heavy atom. The molecule has 0 amide bonds. The summed E-state index contributed by atoms with van der Waals surface area (Å²) in [7, 11) is 1.70. The minimum absolute atomic E-state index is 0.877. The lowest BCUT2D eigenvalue weighted by atomic mass is 10.0. The summed E-state index contributed by atoms with van der Waals surface area (Å²) < 4.78 is 5.28. The normalized spacial score (nSPS) is 15.7. The lowest BCUT2D eigenvalue weighted by Gasteiger charge is -2.26. The van der Waals surface area contributed by atoms with Crippen LogP contribution in [-0.4, -0.2) is 46.6 Å². The summed E-state index contributed by atoms with van der Waals surface area (Å²) in [4.78, 5) is 10.6. The standard InChI is InChI=1S/C19H21N3OS/c1-23-15-6-4-14(5-7-15)18-17(13-22-9-11-24-12-10-22)16-3-2-8-20-19(16)21-18/h2-8H,9-13H2,1H3,(H,20,21). The highest BCUT2D eigenvalue weighted by Gasteiger charge is 2.18. The second-order valence-corrected chi connectivity index (χ2v) is 7.22. The summed E-state index contributed by atoms with van der Waals surface area (Å²) in [5.41, 5.74) is 4.65. The van der Waals surface area contributed by atoms with Crippen molar-refractivity contribution in [3.8, 4) is 17.0 Å². The van der Waals surface area contributed by atoms with Crippen LogP contribution in [0.1, 0.15) is 5.56 Å². The quantitative estimate of drug-likeness (QED) is 0.785. The van der Waals surface area contributed by atoms with E-state index in [1.165, 1.54) is 33.7 Å². The number of nitrogens with one attached hydrogen (secondary N) is 1. The SMILES string of the molecule is COc1ccc(-c2[nH]c3ncccc3c2CN2CCSCC2)cc1. The average molecular weight is 339 g/mol. The third-order valence-electron chi connectivity index (χ3n) is 4.54. The van der Waals surface area contributed by atoms with E-state index in [9.17, 15) is 0 Å². The van der Waals surface area contributed by atoms with Gasteiger partial charge >= 0.3 is 0 Å². The fraction of sp³-hybridized carbons (Fsp3) is 0.316. The number of ether oxygens (including phenoxy) is 1. The molecule has 3 aromatic rings. The third-order valence-corrected chi connectivity index (χ3v) is 5.48. The lowest BCUT2D eigenvalue weighted by molar-refractivity contribution is 0.296. The highest BCUT2D eigenvalue weighted by molar-refractivity contribution is 7.99. The first kappa shape index (κ1) is 15.5. The van der Waals surface area contributed by atoms with Gasteiger partial charge in [0.2, 0.25) is 0 Å². The molecule has 1 aliphatic heterocycles. The van der Waals surface area contributed by atoms with Gasteiger partial charge in [-0.2, -0.15) is 11.8 Å². The van der Waals surface area contributed by atoms with Crippen molar-refractivity contribution in [1.82, 2.24) is 14.9 Å². The molecule has 0 unspecified atom stereocenters. The Kier molecular flexibility index (Phi) is 4.45. The van der Waals surface area contributed by atoms with Gasteiger partial charge in [-0.15, -0.1) is 0 Å². The van der Waals surface area contributed by atoms with E-state index in [0.717, 1.165) is 31.0 Å². The number of aromatic amines is 1. The average Bonchev–Trinajstić information content (AvgIpc) is 3.01. The molecule has 4 rings (SSSR count). The van der Waals surface area contributed by atoms with Crippen LogP contribution in [0.5, 0.6) is 5.75 Å². The van der Waals surface area contributed by atoms with Gasteiger partial charge < -0.3 is 9.72 Å². The Bertz CT molecular complexity index is 822. The van der Waals surface area contributed by atoms with Gasteiger partial charge in [0.05, 0.1) is 12.8 Å². The van der Waals surface area contributed by atoms with Crippen molar-refractivity contribution in [3.63, 3.8) is 0 Å². The zero-order valence-corrected chi connectivity index (χ0v) is 14.6. The number of benzene rings is 1. The smallest absolute Gasteiger partial charge is 0.138 e. The van der Waals surface area contributed by atoms with Gasteiger partial charge in [0, 0.05) is 48.3 Å². The largest absolute Gasteiger partial charge is 0.497 e. The van der Waals surface area contributed by atoms with Gasteiger partial charge in [-0.25, -0.2) is 4.98 Å². The van der Waals surface area contributed by atoms with Crippen LogP contribution in [0.2, 0.25) is 0 Å². The van der Waals surface area contributed by atoms with Gasteiger partial charge in [0.15, 0.2) is 0 Å². The van der Waals surface area contributed by atoms with Crippen molar-refractivity contribution < 1.29 is 4.74 Å². The summed E-state index contributed by atoms with van der Waals surface area (Å²) in [6.07, 6.45) is 1.85.